The molecule has 13 aliphatic rings. The first-order valence-corrected chi connectivity index (χ1v) is 32.2. The van der Waals surface area contributed by atoms with Crippen LogP contribution in [-0.2, 0) is 5.41 Å². The Bertz CT molecular complexity index is 3710. The molecule has 0 radical (unpaired) electrons. The number of hydrogen-bond acceptors (Lipinski definition) is 2. The van der Waals surface area contributed by atoms with Crippen molar-refractivity contribution >= 4 is 115 Å². The van der Waals surface area contributed by atoms with E-state index in [9.17, 15) is 0 Å². The standard InChI is InChI=1S/C69H53BN2Si2/c1-5-19-43(20-6-1)73(44-21-7-2-8-22-44)57-33-15-13-29-53(57)71-55-31-17-27-49-62(55)70-63-50(69(49)42-37-51-47-35-41-36-48-61(47)52(38-42)68(51,40-41)67(48)69)28-18-32-56(63)72-54-30-14-16-34-58(54)74(45-23-9-3-10-24-45,46-25-11-4-12-26-46)60-39-59(73)65(71)64(70)66(60)72/h1-34,39,41-42,47-48,51-52,61,67H,35-38,40H2. The number of nitrogens with zero attached hydrogens (tertiary/aromatic N) is 2. The van der Waals surface area contributed by atoms with Gasteiger partial charge in [0.2, 0.25) is 0 Å². The Morgan fingerprint density at radius 3 is 1.36 bits per heavy atom. The van der Waals surface area contributed by atoms with Gasteiger partial charge >= 0.3 is 0 Å². The van der Waals surface area contributed by atoms with Gasteiger partial charge in [-0.1, -0.05) is 188 Å². The van der Waals surface area contributed by atoms with E-state index in [0.29, 0.717) is 11.3 Å². The van der Waals surface area contributed by atoms with E-state index in [-0.39, 0.29) is 12.1 Å². The minimum absolute atomic E-state index is 0.00606. The van der Waals surface area contributed by atoms with Crippen LogP contribution in [0.1, 0.15) is 43.2 Å². The summed E-state index contributed by atoms with van der Waals surface area (Å²) in [6, 6.07) is 85.6. The second-order valence-electron chi connectivity index (χ2n) is 24.9. The van der Waals surface area contributed by atoms with E-state index in [1.807, 2.05) is 0 Å². The quantitative estimate of drug-likeness (QED) is 0.167. The molecular weight excluding hydrogens is 924 g/mol. The van der Waals surface area contributed by atoms with Crippen LogP contribution in [-0.4, -0.2) is 22.9 Å². The van der Waals surface area contributed by atoms with Crippen LogP contribution < -0.4 is 67.7 Å². The maximum Gasteiger partial charge on any atom is 0.252 e. The zero-order chi connectivity index (χ0) is 47.6. The summed E-state index contributed by atoms with van der Waals surface area (Å²) >= 11 is 0. The third-order valence-corrected chi connectivity index (χ3v) is 33.0. The van der Waals surface area contributed by atoms with Crippen LogP contribution in [0.25, 0.3) is 0 Å². The number of rotatable bonds is 4. The number of hydrogen-bond donors (Lipinski definition) is 0. The molecular formula is C69H53BN2Si2. The second kappa shape index (κ2) is 12.9. The van der Waals surface area contributed by atoms with Gasteiger partial charge in [0, 0.05) is 39.5 Å². The van der Waals surface area contributed by atoms with Gasteiger partial charge in [-0.2, -0.15) is 0 Å². The highest BCUT2D eigenvalue weighted by Gasteiger charge is 2.86. The van der Waals surface area contributed by atoms with Gasteiger partial charge < -0.3 is 9.80 Å². The Morgan fingerprint density at radius 1 is 0.405 bits per heavy atom. The lowest BCUT2D eigenvalue weighted by molar-refractivity contribution is -0.194. The van der Waals surface area contributed by atoms with Gasteiger partial charge in [0.05, 0.1) is 0 Å². The van der Waals surface area contributed by atoms with Crippen molar-refractivity contribution in [1.29, 1.82) is 0 Å². The zero-order valence-corrected chi connectivity index (χ0v) is 43.3. The van der Waals surface area contributed by atoms with Gasteiger partial charge in [-0.05, 0) is 178 Å². The molecule has 5 heteroatoms. The van der Waals surface area contributed by atoms with E-state index in [1.165, 1.54) is 90.9 Å². The summed E-state index contributed by atoms with van der Waals surface area (Å²) in [5, 5.41) is 11.9. The van der Waals surface area contributed by atoms with Crippen molar-refractivity contribution < 1.29 is 0 Å². The molecule has 0 N–H and O–H groups in total. The summed E-state index contributed by atoms with van der Waals surface area (Å²) in [5.74, 6) is 7.06. The van der Waals surface area contributed by atoms with Gasteiger partial charge in [0.1, 0.15) is 0 Å². The van der Waals surface area contributed by atoms with Crippen molar-refractivity contribution in [2.75, 3.05) is 9.80 Å². The molecule has 5 heterocycles. The first kappa shape index (κ1) is 39.5. The molecule has 0 saturated heterocycles. The SMILES string of the molecule is c1ccc([Si]2(c3ccccc3)c3ccccc3N3c4cccc5c4B4c6c(cccc6C56C5CC7C8CC9CC%10C8C(C5)C7(C9)C%106)N5c6ccccc6[Si](c6ccccc6)(c6ccccc6)c6cc2c3c4c65)cc1. The molecule has 9 unspecified atom stereocenters. The maximum atomic E-state index is 2.89. The molecule has 8 saturated carbocycles. The molecule has 2 nitrogen and oxygen atoms in total. The summed E-state index contributed by atoms with van der Waals surface area (Å²) in [4.78, 5) is 5.77. The van der Waals surface area contributed by atoms with Crippen LogP contribution in [0.3, 0.4) is 0 Å². The first-order valence-electron chi connectivity index (χ1n) is 28.2. The summed E-state index contributed by atoms with van der Waals surface area (Å²) in [7, 11) is -6.21. The van der Waals surface area contributed by atoms with Gasteiger partial charge in [0.25, 0.3) is 6.71 Å². The number of fused-ring (bicyclic) bond motifs is 6. The van der Waals surface area contributed by atoms with E-state index in [0.717, 1.165) is 41.4 Å². The maximum absolute atomic E-state index is 3.11. The van der Waals surface area contributed by atoms with Crippen LogP contribution >= 0.6 is 0 Å². The zero-order valence-electron chi connectivity index (χ0n) is 41.3. The smallest absolute Gasteiger partial charge is 0.252 e. The van der Waals surface area contributed by atoms with Crippen molar-refractivity contribution in [2.24, 2.45) is 52.8 Å². The number of para-hydroxylation sites is 2. The highest BCUT2D eigenvalue weighted by Crippen LogP contribution is 2.90. The van der Waals surface area contributed by atoms with Crippen molar-refractivity contribution in [1.82, 2.24) is 0 Å². The molecule has 8 aliphatic carbocycles. The Kier molecular flexibility index (Phi) is 6.91. The van der Waals surface area contributed by atoms with Crippen LogP contribution in [0.2, 0.25) is 0 Å². The normalized spacial score (nSPS) is 29.6. The average Bonchev–Trinajstić information content (AvgIpc) is 3.85. The van der Waals surface area contributed by atoms with Gasteiger partial charge in [-0.15, -0.1) is 0 Å². The fourth-order valence-electron chi connectivity index (χ4n) is 22.3. The predicted molar refractivity (Wildman–Crippen MR) is 309 cm³/mol. The van der Waals surface area contributed by atoms with E-state index >= 15 is 0 Å². The molecule has 0 aromatic heterocycles. The Balaban J connectivity index is 1.01. The third kappa shape index (κ3) is 3.89. The van der Waals surface area contributed by atoms with E-state index in [2.05, 4.69) is 222 Å². The van der Waals surface area contributed by atoms with Gasteiger partial charge in [-0.3, -0.25) is 0 Å². The van der Waals surface area contributed by atoms with Crippen molar-refractivity contribution in [3.05, 3.63) is 223 Å². The van der Waals surface area contributed by atoms with Crippen molar-refractivity contribution in [3.8, 4) is 0 Å². The van der Waals surface area contributed by atoms with Crippen LogP contribution in [0, 0.1) is 52.8 Å². The second-order valence-corrected chi connectivity index (χ2v) is 32.4. The lowest BCUT2D eigenvalue weighted by atomic mass is 9.23. The van der Waals surface area contributed by atoms with Crippen molar-refractivity contribution in [3.63, 3.8) is 0 Å². The molecule has 22 rings (SSSR count). The van der Waals surface area contributed by atoms with E-state index < -0.39 is 16.1 Å². The molecule has 350 valence electrons. The molecule has 9 aromatic rings. The number of anilines is 6. The topological polar surface area (TPSA) is 6.48 Å². The fraction of sp³-hybridized carbons (Fsp3) is 0.217. The molecule has 74 heavy (non-hydrogen) atoms. The highest BCUT2D eigenvalue weighted by atomic mass is 28.3. The van der Waals surface area contributed by atoms with Crippen LogP contribution in [0.5, 0.6) is 0 Å². The van der Waals surface area contributed by atoms with Gasteiger partial charge in [-0.25, -0.2) is 0 Å². The molecule has 0 amide bonds. The van der Waals surface area contributed by atoms with E-state index in [1.54, 1.807) is 44.3 Å². The van der Waals surface area contributed by atoms with Gasteiger partial charge in [0.15, 0.2) is 16.1 Å². The summed E-state index contributed by atoms with van der Waals surface area (Å²) in [6.07, 6.45) is 7.41. The Labute approximate surface area is 435 Å². The molecule has 9 atom stereocenters. The molecule has 2 spiro atoms. The molecule has 8 fully saturated rings. The third-order valence-electron chi connectivity index (χ3n) is 23.3. The fourth-order valence-corrected chi connectivity index (χ4v) is 32.7. The van der Waals surface area contributed by atoms with Crippen LogP contribution in [0.4, 0.5) is 34.1 Å². The molecule has 9 aromatic carbocycles. The summed E-state index contributed by atoms with van der Waals surface area (Å²) in [6.45, 7) is 0.110. The van der Waals surface area contributed by atoms with Crippen molar-refractivity contribution in [2.45, 2.75) is 37.5 Å². The lowest BCUT2D eigenvalue weighted by Crippen LogP contribution is -2.84. The summed E-state index contributed by atoms with van der Waals surface area (Å²) < 4.78 is 0. The molecule has 5 aliphatic heterocycles. The average molecular weight is 977 g/mol. The predicted octanol–water partition coefficient (Wildman–Crippen LogP) is 7.70. The Hall–Kier alpha value is -6.92. The number of benzene rings is 9. The lowest BCUT2D eigenvalue weighted by Gasteiger charge is -2.73. The minimum atomic E-state index is -3.11. The summed E-state index contributed by atoms with van der Waals surface area (Å²) in [5.41, 5.74) is 17.4. The largest absolute Gasteiger partial charge is 0.312 e. The highest BCUT2D eigenvalue weighted by molar-refractivity contribution is 7.24. The molecule has 9 bridgehead atoms. The van der Waals surface area contributed by atoms with E-state index in [4.69, 9.17) is 0 Å². The van der Waals surface area contributed by atoms with Crippen LogP contribution in [0.15, 0.2) is 212 Å². The minimum Gasteiger partial charge on any atom is -0.312 e. The Morgan fingerprint density at radius 2 is 0.851 bits per heavy atom. The monoisotopic (exact) mass is 976 g/mol. The first-order chi connectivity index (χ1) is 36.7.